The van der Waals surface area contributed by atoms with Gasteiger partial charge in [-0.1, -0.05) is 13.8 Å². The van der Waals surface area contributed by atoms with E-state index in [9.17, 15) is 0 Å². The molecule has 2 N–H and O–H groups in total. The first-order valence-electron chi connectivity index (χ1n) is 4.58. The lowest BCUT2D eigenvalue weighted by molar-refractivity contribution is 0.508. The molecular weight excluding hydrogens is 148 g/mol. The molecule has 0 unspecified atom stereocenters. The van der Waals surface area contributed by atoms with Crippen LogP contribution in [-0.4, -0.2) is 4.57 Å². The van der Waals surface area contributed by atoms with Crippen LogP contribution in [0, 0.1) is 5.92 Å². The van der Waals surface area contributed by atoms with Crippen molar-refractivity contribution < 1.29 is 0 Å². The van der Waals surface area contributed by atoms with E-state index in [0.29, 0.717) is 6.54 Å². The Morgan fingerprint density at radius 1 is 1.50 bits per heavy atom. The Morgan fingerprint density at radius 3 is 2.83 bits per heavy atom. The summed E-state index contributed by atoms with van der Waals surface area (Å²) < 4.78 is 2.24. The summed E-state index contributed by atoms with van der Waals surface area (Å²) in [5.41, 5.74) is 6.81. The van der Waals surface area contributed by atoms with Crippen molar-refractivity contribution in [2.75, 3.05) is 0 Å². The number of hydrogen-bond acceptors (Lipinski definition) is 1. The van der Waals surface area contributed by atoms with E-state index in [2.05, 4.69) is 36.7 Å². The van der Waals surface area contributed by atoms with Gasteiger partial charge in [-0.3, -0.25) is 0 Å². The summed E-state index contributed by atoms with van der Waals surface area (Å²) in [5, 5.41) is 0. The van der Waals surface area contributed by atoms with E-state index in [1.54, 1.807) is 0 Å². The molecule has 0 spiro atoms. The van der Waals surface area contributed by atoms with Crippen molar-refractivity contribution in [3.63, 3.8) is 0 Å². The van der Waals surface area contributed by atoms with Gasteiger partial charge in [0.25, 0.3) is 0 Å². The maximum atomic E-state index is 5.58. The third-order valence-electron chi connectivity index (χ3n) is 2.08. The molecule has 0 aliphatic carbocycles. The molecule has 68 valence electrons. The second-order valence-corrected chi connectivity index (χ2v) is 3.58. The van der Waals surface area contributed by atoms with Crippen LogP contribution in [0.5, 0.6) is 0 Å². The minimum atomic E-state index is 0.644. The van der Waals surface area contributed by atoms with Crippen LogP contribution in [0.4, 0.5) is 0 Å². The van der Waals surface area contributed by atoms with Gasteiger partial charge in [-0.2, -0.15) is 0 Å². The van der Waals surface area contributed by atoms with E-state index in [-0.39, 0.29) is 0 Å². The summed E-state index contributed by atoms with van der Waals surface area (Å²) in [7, 11) is 0. The Hall–Kier alpha value is -0.760. The van der Waals surface area contributed by atoms with E-state index in [1.807, 2.05) is 0 Å². The SMILES string of the molecule is CC(C)CCn1cccc1CN. The van der Waals surface area contributed by atoms with E-state index < -0.39 is 0 Å². The van der Waals surface area contributed by atoms with Crippen LogP contribution in [0.1, 0.15) is 26.0 Å². The highest BCUT2D eigenvalue weighted by atomic mass is 15.0. The molecule has 1 heterocycles. The van der Waals surface area contributed by atoms with Crippen LogP contribution >= 0.6 is 0 Å². The molecule has 0 bridgehead atoms. The Kier molecular flexibility index (Phi) is 3.35. The summed E-state index contributed by atoms with van der Waals surface area (Å²) >= 11 is 0. The maximum Gasteiger partial charge on any atom is 0.0334 e. The topological polar surface area (TPSA) is 30.9 Å². The van der Waals surface area contributed by atoms with Crippen molar-refractivity contribution in [1.82, 2.24) is 4.57 Å². The van der Waals surface area contributed by atoms with Gasteiger partial charge in [0.15, 0.2) is 0 Å². The zero-order valence-corrected chi connectivity index (χ0v) is 7.96. The molecule has 0 radical (unpaired) electrons. The minimum Gasteiger partial charge on any atom is -0.350 e. The van der Waals surface area contributed by atoms with Crippen LogP contribution in [0.25, 0.3) is 0 Å². The first-order chi connectivity index (χ1) is 5.74. The van der Waals surface area contributed by atoms with Crippen molar-refractivity contribution >= 4 is 0 Å². The largest absolute Gasteiger partial charge is 0.350 e. The van der Waals surface area contributed by atoms with E-state index in [1.165, 1.54) is 12.1 Å². The Bertz CT molecular complexity index is 225. The molecule has 0 aliphatic heterocycles. The van der Waals surface area contributed by atoms with Crippen molar-refractivity contribution in [1.29, 1.82) is 0 Å². The molecule has 0 amide bonds. The van der Waals surface area contributed by atoms with Gasteiger partial charge in [-0.25, -0.2) is 0 Å². The summed E-state index contributed by atoms with van der Waals surface area (Å²) in [6, 6.07) is 4.14. The van der Waals surface area contributed by atoms with E-state index in [4.69, 9.17) is 5.73 Å². The Labute approximate surface area is 74.4 Å². The highest BCUT2D eigenvalue weighted by Gasteiger charge is 1.99. The minimum absolute atomic E-state index is 0.644. The number of nitrogens with two attached hydrogens (primary N) is 1. The maximum absolute atomic E-state index is 5.58. The lowest BCUT2D eigenvalue weighted by atomic mass is 10.1. The molecule has 0 fully saturated rings. The lowest BCUT2D eigenvalue weighted by Crippen LogP contribution is -2.07. The molecule has 0 saturated heterocycles. The van der Waals surface area contributed by atoms with Gasteiger partial charge in [-0.15, -0.1) is 0 Å². The number of aromatic nitrogens is 1. The first-order valence-corrected chi connectivity index (χ1v) is 4.58. The third kappa shape index (κ3) is 2.38. The highest BCUT2D eigenvalue weighted by Crippen LogP contribution is 2.06. The molecule has 1 rings (SSSR count). The van der Waals surface area contributed by atoms with Crippen molar-refractivity contribution in [3.8, 4) is 0 Å². The number of rotatable bonds is 4. The smallest absolute Gasteiger partial charge is 0.0334 e. The number of nitrogens with zero attached hydrogens (tertiary/aromatic N) is 1. The second kappa shape index (κ2) is 4.31. The predicted molar refractivity (Wildman–Crippen MR) is 51.8 cm³/mol. The van der Waals surface area contributed by atoms with Gasteiger partial charge in [0.2, 0.25) is 0 Å². The highest BCUT2D eigenvalue weighted by molar-refractivity contribution is 5.06. The van der Waals surface area contributed by atoms with Gasteiger partial charge >= 0.3 is 0 Å². The average Bonchev–Trinajstić information content (AvgIpc) is 2.47. The van der Waals surface area contributed by atoms with Crippen LogP contribution in [0.3, 0.4) is 0 Å². The molecule has 0 atom stereocenters. The van der Waals surface area contributed by atoms with Crippen LogP contribution < -0.4 is 5.73 Å². The second-order valence-electron chi connectivity index (χ2n) is 3.58. The quantitative estimate of drug-likeness (QED) is 0.728. The van der Waals surface area contributed by atoms with Crippen molar-refractivity contribution in [3.05, 3.63) is 24.0 Å². The fourth-order valence-corrected chi connectivity index (χ4v) is 1.25. The van der Waals surface area contributed by atoms with Crippen LogP contribution in [0.2, 0.25) is 0 Å². The molecule has 2 heteroatoms. The summed E-state index contributed by atoms with van der Waals surface area (Å²) in [4.78, 5) is 0. The molecular formula is C10H18N2. The zero-order chi connectivity index (χ0) is 8.97. The lowest BCUT2D eigenvalue weighted by Gasteiger charge is -2.09. The zero-order valence-electron chi connectivity index (χ0n) is 7.96. The molecule has 1 aromatic heterocycles. The molecule has 0 aliphatic rings. The van der Waals surface area contributed by atoms with Crippen LogP contribution in [0.15, 0.2) is 18.3 Å². The predicted octanol–water partition coefficient (Wildman–Crippen LogP) is 1.99. The molecule has 2 nitrogen and oxygen atoms in total. The molecule has 0 saturated carbocycles. The van der Waals surface area contributed by atoms with E-state index >= 15 is 0 Å². The summed E-state index contributed by atoms with van der Waals surface area (Å²) in [5.74, 6) is 0.762. The monoisotopic (exact) mass is 166 g/mol. The van der Waals surface area contributed by atoms with Gasteiger partial charge < -0.3 is 10.3 Å². The van der Waals surface area contributed by atoms with Gasteiger partial charge in [0.1, 0.15) is 0 Å². The summed E-state index contributed by atoms with van der Waals surface area (Å²) in [6.45, 7) is 6.22. The van der Waals surface area contributed by atoms with Gasteiger partial charge in [-0.05, 0) is 24.5 Å². The summed E-state index contributed by atoms with van der Waals surface area (Å²) in [6.07, 6.45) is 3.33. The number of hydrogen-bond donors (Lipinski definition) is 1. The standard InChI is InChI=1S/C10H18N2/c1-9(2)5-7-12-6-3-4-10(12)8-11/h3-4,6,9H,5,7-8,11H2,1-2H3. The fourth-order valence-electron chi connectivity index (χ4n) is 1.25. The molecule has 1 aromatic rings. The Morgan fingerprint density at radius 2 is 2.25 bits per heavy atom. The molecule has 0 aromatic carbocycles. The van der Waals surface area contributed by atoms with Gasteiger partial charge in [0, 0.05) is 25.0 Å². The van der Waals surface area contributed by atoms with E-state index in [0.717, 1.165) is 12.5 Å². The first kappa shape index (κ1) is 9.33. The fraction of sp³-hybridized carbons (Fsp3) is 0.600. The van der Waals surface area contributed by atoms with Gasteiger partial charge in [0.05, 0.1) is 0 Å². The van der Waals surface area contributed by atoms with Crippen LogP contribution in [-0.2, 0) is 13.1 Å². The van der Waals surface area contributed by atoms with Crippen molar-refractivity contribution in [2.45, 2.75) is 33.4 Å². The Balaban J connectivity index is 2.50. The average molecular weight is 166 g/mol. The van der Waals surface area contributed by atoms with Crippen molar-refractivity contribution in [2.24, 2.45) is 11.7 Å². The number of aryl methyl sites for hydroxylation is 1. The normalized spacial score (nSPS) is 11.0. The molecule has 12 heavy (non-hydrogen) atoms. The third-order valence-corrected chi connectivity index (χ3v) is 2.08.